The third-order valence-electron chi connectivity index (χ3n) is 2.48. The largest absolute Gasteiger partial charge is 0.324 e. The van der Waals surface area contributed by atoms with E-state index in [1.807, 2.05) is 0 Å². The van der Waals surface area contributed by atoms with Gasteiger partial charge < -0.3 is 5.73 Å². The van der Waals surface area contributed by atoms with Crippen LogP contribution in [-0.4, -0.2) is 14.8 Å². The number of aromatic nitrogens is 3. The first-order valence-electron chi connectivity index (χ1n) is 5.13. The molecule has 0 saturated heterocycles. The molecule has 0 amide bonds. The quantitative estimate of drug-likeness (QED) is 0.906. The Morgan fingerprint density at radius 3 is 2.82 bits per heavy atom. The van der Waals surface area contributed by atoms with Gasteiger partial charge in [-0.1, -0.05) is 17.7 Å². The van der Waals surface area contributed by atoms with E-state index >= 15 is 0 Å². The Morgan fingerprint density at radius 2 is 2.24 bits per heavy atom. The standard InChI is InChI=1S/C11H12ClFN4/c1-17-11(15-10(6-14)16-17)5-7-8(12)3-2-4-9(7)13/h2-4H,5-6,14H2,1H3. The molecule has 0 radical (unpaired) electrons. The van der Waals surface area contributed by atoms with Crippen LogP contribution in [0.1, 0.15) is 17.2 Å². The zero-order chi connectivity index (χ0) is 12.4. The van der Waals surface area contributed by atoms with Crippen molar-refractivity contribution in [3.8, 4) is 0 Å². The van der Waals surface area contributed by atoms with Crippen LogP contribution < -0.4 is 5.73 Å². The average molecular weight is 255 g/mol. The van der Waals surface area contributed by atoms with E-state index < -0.39 is 0 Å². The summed E-state index contributed by atoms with van der Waals surface area (Å²) in [5, 5.41) is 4.49. The van der Waals surface area contributed by atoms with E-state index in [2.05, 4.69) is 10.1 Å². The summed E-state index contributed by atoms with van der Waals surface area (Å²) in [7, 11) is 1.75. The van der Waals surface area contributed by atoms with Gasteiger partial charge in [0.05, 0.1) is 6.54 Å². The van der Waals surface area contributed by atoms with Crippen molar-refractivity contribution in [1.29, 1.82) is 0 Å². The highest BCUT2D eigenvalue weighted by Gasteiger charge is 2.12. The van der Waals surface area contributed by atoms with Crippen molar-refractivity contribution in [1.82, 2.24) is 14.8 Å². The van der Waals surface area contributed by atoms with E-state index in [0.717, 1.165) is 0 Å². The average Bonchev–Trinajstić information content (AvgIpc) is 2.65. The van der Waals surface area contributed by atoms with Crippen LogP contribution in [0.2, 0.25) is 5.02 Å². The Hall–Kier alpha value is -1.46. The maximum Gasteiger partial charge on any atom is 0.164 e. The van der Waals surface area contributed by atoms with Crippen LogP contribution >= 0.6 is 11.6 Å². The maximum atomic E-state index is 13.6. The fourth-order valence-corrected chi connectivity index (χ4v) is 1.80. The minimum absolute atomic E-state index is 0.263. The van der Waals surface area contributed by atoms with E-state index in [-0.39, 0.29) is 12.4 Å². The summed E-state index contributed by atoms with van der Waals surface area (Å²) in [5.41, 5.74) is 5.87. The van der Waals surface area contributed by atoms with Gasteiger partial charge in [-0.05, 0) is 12.1 Å². The van der Waals surface area contributed by atoms with Gasteiger partial charge in [0.1, 0.15) is 11.6 Å². The van der Waals surface area contributed by atoms with Crippen LogP contribution in [0, 0.1) is 5.82 Å². The van der Waals surface area contributed by atoms with Gasteiger partial charge in [0, 0.05) is 24.1 Å². The maximum absolute atomic E-state index is 13.6. The molecule has 2 aromatic rings. The second-order valence-electron chi connectivity index (χ2n) is 3.65. The molecule has 90 valence electrons. The molecule has 0 fully saturated rings. The second-order valence-corrected chi connectivity index (χ2v) is 4.06. The van der Waals surface area contributed by atoms with Gasteiger partial charge in [0.25, 0.3) is 0 Å². The molecule has 4 nitrogen and oxygen atoms in total. The number of nitrogens with zero attached hydrogens (tertiary/aromatic N) is 3. The van der Waals surface area contributed by atoms with Crippen molar-refractivity contribution in [2.75, 3.05) is 0 Å². The number of rotatable bonds is 3. The molecule has 0 unspecified atom stereocenters. The van der Waals surface area contributed by atoms with Gasteiger partial charge in [-0.2, -0.15) is 5.10 Å². The monoisotopic (exact) mass is 254 g/mol. The summed E-state index contributed by atoms with van der Waals surface area (Å²) in [5.74, 6) is 0.835. The smallest absolute Gasteiger partial charge is 0.164 e. The SMILES string of the molecule is Cn1nc(CN)nc1Cc1c(F)cccc1Cl. The van der Waals surface area contributed by atoms with Crippen molar-refractivity contribution >= 4 is 11.6 Å². The number of halogens is 2. The zero-order valence-corrected chi connectivity index (χ0v) is 10.1. The molecule has 1 aromatic heterocycles. The van der Waals surface area contributed by atoms with Crippen LogP contribution in [0.3, 0.4) is 0 Å². The minimum atomic E-state index is -0.338. The summed E-state index contributed by atoms with van der Waals surface area (Å²) in [6.07, 6.45) is 0.301. The lowest BCUT2D eigenvalue weighted by molar-refractivity contribution is 0.608. The molecule has 2 N–H and O–H groups in total. The second kappa shape index (κ2) is 4.81. The van der Waals surface area contributed by atoms with Crippen molar-refractivity contribution in [3.63, 3.8) is 0 Å². The van der Waals surface area contributed by atoms with Gasteiger partial charge in [0.15, 0.2) is 5.82 Å². The molecular weight excluding hydrogens is 243 g/mol. The molecule has 0 aliphatic carbocycles. The zero-order valence-electron chi connectivity index (χ0n) is 9.32. The van der Waals surface area contributed by atoms with Crippen LogP contribution in [-0.2, 0) is 20.0 Å². The third-order valence-corrected chi connectivity index (χ3v) is 2.83. The number of aryl methyl sites for hydroxylation is 1. The number of benzene rings is 1. The van der Waals surface area contributed by atoms with Crippen LogP contribution in [0.25, 0.3) is 0 Å². The molecule has 0 saturated carbocycles. The van der Waals surface area contributed by atoms with E-state index in [0.29, 0.717) is 28.7 Å². The van der Waals surface area contributed by atoms with E-state index in [4.69, 9.17) is 17.3 Å². The molecule has 17 heavy (non-hydrogen) atoms. The summed E-state index contributed by atoms with van der Waals surface area (Å²) in [6.45, 7) is 0.263. The Balaban J connectivity index is 2.34. The van der Waals surface area contributed by atoms with E-state index in [1.54, 1.807) is 23.9 Å². The molecule has 1 aromatic carbocycles. The van der Waals surface area contributed by atoms with Crippen LogP contribution in [0.4, 0.5) is 4.39 Å². The predicted octanol–water partition coefficient (Wildman–Crippen LogP) is 1.66. The number of nitrogens with two attached hydrogens (primary N) is 1. The van der Waals surface area contributed by atoms with E-state index in [1.165, 1.54) is 6.07 Å². The fraction of sp³-hybridized carbons (Fsp3) is 0.273. The summed E-state index contributed by atoms with van der Waals surface area (Å²) in [4.78, 5) is 4.21. The summed E-state index contributed by atoms with van der Waals surface area (Å²) < 4.78 is 15.2. The van der Waals surface area contributed by atoms with Gasteiger partial charge in [-0.3, -0.25) is 4.68 Å². The molecule has 2 rings (SSSR count). The van der Waals surface area contributed by atoms with Crippen LogP contribution in [0.5, 0.6) is 0 Å². The number of hydrogen-bond donors (Lipinski definition) is 1. The highest BCUT2D eigenvalue weighted by Crippen LogP contribution is 2.21. The normalized spacial score (nSPS) is 10.8. The summed E-state index contributed by atoms with van der Waals surface area (Å²) >= 11 is 5.95. The highest BCUT2D eigenvalue weighted by molar-refractivity contribution is 6.31. The van der Waals surface area contributed by atoms with Crippen molar-refractivity contribution in [2.45, 2.75) is 13.0 Å². The van der Waals surface area contributed by atoms with Crippen molar-refractivity contribution < 1.29 is 4.39 Å². The van der Waals surface area contributed by atoms with Gasteiger partial charge >= 0.3 is 0 Å². The third kappa shape index (κ3) is 2.45. The first-order valence-corrected chi connectivity index (χ1v) is 5.51. The first-order chi connectivity index (χ1) is 8.11. The Labute approximate surface area is 103 Å². The fourth-order valence-electron chi connectivity index (χ4n) is 1.57. The highest BCUT2D eigenvalue weighted by atomic mass is 35.5. The van der Waals surface area contributed by atoms with E-state index in [9.17, 15) is 4.39 Å². The van der Waals surface area contributed by atoms with Gasteiger partial charge in [-0.15, -0.1) is 0 Å². The molecule has 1 heterocycles. The topological polar surface area (TPSA) is 56.7 Å². The molecular formula is C11H12ClFN4. The summed E-state index contributed by atoms with van der Waals surface area (Å²) in [6, 6.07) is 4.60. The molecule has 0 aliphatic rings. The van der Waals surface area contributed by atoms with Crippen molar-refractivity contribution in [3.05, 3.63) is 46.3 Å². The molecule has 0 atom stereocenters. The lowest BCUT2D eigenvalue weighted by Crippen LogP contribution is -2.02. The molecule has 0 bridgehead atoms. The molecule has 0 spiro atoms. The Bertz CT molecular complexity index is 518. The van der Waals surface area contributed by atoms with Crippen LogP contribution in [0.15, 0.2) is 18.2 Å². The van der Waals surface area contributed by atoms with Crippen molar-refractivity contribution in [2.24, 2.45) is 12.8 Å². The van der Waals surface area contributed by atoms with Gasteiger partial charge in [-0.25, -0.2) is 9.37 Å². The lowest BCUT2D eigenvalue weighted by atomic mass is 10.1. The molecule has 0 aliphatic heterocycles. The lowest BCUT2D eigenvalue weighted by Gasteiger charge is -2.04. The minimum Gasteiger partial charge on any atom is -0.324 e. The molecule has 6 heteroatoms. The predicted molar refractivity (Wildman–Crippen MR) is 63.1 cm³/mol. The Kier molecular flexibility index (Phi) is 3.40. The van der Waals surface area contributed by atoms with Gasteiger partial charge in [0.2, 0.25) is 0 Å². The Morgan fingerprint density at radius 1 is 1.47 bits per heavy atom. The number of hydrogen-bond acceptors (Lipinski definition) is 3. The first kappa shape index (κ1) is 12.0.